The fourth-order valence-electron chi connectivity index (χ4n) is 3.38. The fourth-order valence-corrected chi connectivity index (χ4v) is 5.23. The minimum absolute atomic E-state index is 0.0297. The van der Waals surface area contributed by atoms with Crippen LogP contribution in [0.5, 0.6) is 0 Å². The highest BCUT2D eigenvalue weighted by Crippen LogP contribution is 2.51. The van der Waals surface area contributed by atoms with Crippen molar-refractivity contribution in [1.82, 2.24) is 0 Å². The van der Waals surface area contributed by atoms with Gasteiger partial charge in [-0.2, -0.15) is 0 Å². The highest BCUT2D eigenvalue weighted by molar-refractivity contribution is 7.87. The molecule has 1 saturated carbocycles. The molecule has 3 nitrogen and oxygen atoms in total. The Morgan fingerprint density at radius 2 is 2.00 bits per heavy atom. The molecule has 0 aliphatic heterocycles. The SMILES string of the molecule is COC(=O)[C@]1(S(=O)c2ccc(C)cc2)C[C@@H]2C=C[C@H]1C2. The second-order valence-corrected chi connectivity index (χ2v) is 7.39. The first-order chi connectivity index (χ1) is 9.57. The van der Waals surface area contributed by atoms with E-state index in [1.807, 2.05) is 37.3 Å². The van der Waals surface area contributed by atoms with Crippen LogP contribution in [0.15, 0.2) is 41.3 Å². The van der Waals surface area contributed by atoms with Crippen molar-refractivity contribution < 1.29 is 13.7 Å². The first kappa shape index (κ1) is 13.6. The molecule has 0 radical (unpaired) electrons. The summed E-state index contributed by atoms with van der Waals surface area (Å²) in [5.74, 6) is 0.0452. The van der Waals surface area contributed by atoms with Crippen LogP contribution in [-0.4, -0.2) is 22.0 Å². The van der Waals surface area contributed by atoms with Gasteiger partial charge in [-0.1, -0.05) is 29.8 Å². The summed E-state index contributed by atoms with van der Waals surface area (Å²) in [5, 5.41) is 0. The van der Waals surface area contributed by atoms with Crippen molar-refractivity contribution in [1.29, 1.82) is 0 Å². The van der Waals surface area contributed by atoms with E-state index in [1.54, 1.807) is 0 Å². The summed E-state index contributed by atoms with van der Waals surface area (Å²) < 4.78 is 17.1. The van der Waals surface area contributed by atoms with E-state index in [1.165, 1.54) is 7.11 Å². The van der Waals surface area contributed by atoms with E-state index >= 15 is 0 Å². The molecular weight excluding hydrogens is 272 g/mol. The van der Waals surface area contributed by atoms with E-state index in [-0.39, 0.29) is 11.9 Å². The number of esters is 1. The predicted molar refractivity (Wildman–Crippen MR) is 77.7 cm³/mol. The van der Waals surface area contributed by atoms with Crippen LogP contribution in [0.4, 0.5) is 0 Å². The van der Waals surface area contributed by atoms with E-state index in [4.69, 9.17) is 4.74 Å². The van der Waals surface area contributed by atoms with Crippen molar-refractivity contribution in [2.75, 3.05) is 7.11 Å². The summed E-state index contributed by atoms with van der Waals surface area (Å²) in [6.07, 6.45) is 5.71. The summed E-state index contributed by atoms with van der Waals surface area (Å²) in [6, 6.07) is 7.57. The second kappa shape index (κ2) is 4.85. The Balaban J connectivity index is 2.03. The molecular formula is C16H18O3S. The van der Waals surface area contributed by atoms with Crippen molar-refractivity contribution in [3.05, 3.63) is 42.0 Å². The van der Waals surface area contributed by atoms with Crippen molar-refractivity contribution in [3.8, 4) is 0 Å². The minimum Gasteiger partial charge on any atom is -0.468 e. The first-order valence-electron chi connectivity index (χ1n) is 6.83. The molecule has 0 spiro atoms. The number of benzene rings is 1. The molecule has 2 bridgehead atoms. The van der Waals surface area contributed by atoms with E-state index < -0.39 is 15.5 Å². The van der Waals surface area contributed by atoms with Gasteiger partial charge in [0, 0.05) is 10.8 Å². The number of fused-ring (bicyclic) bond motifs is 2. The average Bonchev–Trinajstić information content (AvgIpc) is 3.07. The molecule has 20 heavy (non-hydrogen) atoms. The standard InChI is InChI=1S/C16H18O3S/c1-11-3-7-14(8-4-11)20(18)16(15(17)19-2)10-12-5-6-13(16)9-12/h3-8,12-13H,9-10H2,1-2H3/t12-,13+,16+,20?/m1/s1. The number of ether oxygens (including phenoxy) is 1. The lowest BCUT2D eigenvalue weighted by Crippen LogP contribution is -2.47. The van der Waals surface area contributed by atoms with Crippen LogP contribution in [0, 0.1) is 18.8 Å². The molecule has 4 heteroatoms. The zero-order valence-electron chi connectivity index (χ0n) is 11.7. The van der Waals surface area contributed by atoms with Gasteiger partial charge in [0.15, 0.2) is 4.75 Å². The van der Waals surface area contributed by atoms with Crippen molar-refractivity contribution >= 4 is 16.8 Å². The van der Waals surface area contributed by atoms with Crippen LogP contribution < -0.4 is 0 Å². The molecule has 3 rings (SSSR count). The van der Waals surface area contributed by atoms with E-state index in [0.29, 0.717) is 17.2 Å². The van der Waals surface area contributed by atoms with Crippen LogP contribution in [-0.2, 0) is 20.3 Å². The van der Waals surface area contributed by atoms with Gasteiger partial charge in [0.05, 0.1) is 17.9 Å². The zero-order valence-corrected chi connectivity index (χ0v) is 12.5. The summed E-state index contributed by atoms with van der Waals surface area (Å²) in [4.78, 5) is 13.1. The number of aryl methyl sites for hydroxylation is 1. The van der Waals surface area contributed by atoms with Gasteiger partial charge in [-0.3, -0.25) is 9.00 Å². The Labute approximate surface area is 121 Å². The minimum atomic E-state index is -1.38. The summed E-state index contributed by atoms with van der Waals surface area (Å²) in [6.45, 7) is 1.99. The topological polar surface area (TPSA) is 43.4 Å². The van der Waals surface area contributed by atoms with Gasteiger partial charge >= 0.3 is 5.97 Å². The van der Waals surface area contributed by atoms with Crippen LogP contribution in [0.3, 0.4) is 0 Å². The lowest BCUT2D eigenvalue weighted by Gasteiger charge is -2.31. The Kier molecular flexibility index (Phi) is 3.28. The molecule has 106 valence electrons. The third kappa shape index (κ3) is 1.85. The molecule has 1 aromatic rings. The predicted octanol–water partition coefficient (Wildman–Crippen LogP) is 2.61. The van der Waals surface area contributed by atoms with Crippen LogP contribution in [0.25, 0.3) is 0 Å². The Morgan fingerprint density at radius 3 is 2.50 bits per heavy atom. The summed E-state index contributed by atoms with van der Waals surface area (Å²) in [5.41, 5.74) is 1.12. The number of carbonyl (C=O) groups excluding carboxylic acids is 1. The molecule has 2 aliphatic rings. The van der Waals surface area contributed by atoms with Gasteiger partial charge in [-0.15, -0.1) is 0 Å². The molecule has 0 heterocycles. The molecule has 0 amide bonds. The molecule has 2 aliphatic carbocycles. The van der Waals surface area contributed by atoms with Gasteiger partial charge in [-0.05, 0) is 37.8 Å². The highest BCUT2D eigenvalue weighted by Gasteiger charge is 2.58. The van der Waals surface area contributed by atoms with Gasteiger partial charge in [0.25, 0.3) is 0 Å². The number of carbonyl (C=O) groups is 1. The molecule has 0 saturated heterocycles. The number of methoxy groups -OCH3 is 1. The lowest BCUT2D eigenvalue weighted by atomic mass is 9.92. The molecule has 1 aromatic carbocycles. The molecule has 1 fully saturated rings. The Bertz CT molecular complexity index is 590. The molecule has 1 unspecified atom stereocenters. The maximum Gasteiger partial charge on any atom is 0.325 e. The van der Waals surface area contributed by atoms with Crippen LogP contribution >= 0.6 is 0 Å². The number of rotatable bonds is 3. The van der Waals surface area contributed by atoms with Gasteiger partial charge in [0.1, 0.15) is 0 Å². The summed E-state index contributed by atoms with van der Waals surface area (Å²) >= 11 is 0. The average molecular weight is 290 g/mol. The zero-order chi connectivity index (χ0) is 14.3. The monoisotopic (exact) mass is 290 g/mol. The van der Waals surface area contributed by atoms with Gasteiger partial charge < -0.3 is 4.74 Å². The van der Waals surface area contributed by atoms with Crippen molar-refractivity contribution in [2.24, 2.45) is 11.8 Å². The Morgan fingerprint density at radius 1 is 1.30 bits per heavy atom. The van der Waals surface area contributed by atoms with Gasteiger partial charge in [0.2, 0.25) is 0 Å². The van der Waals surface area contributed by atoms with E-state index in [9.17, 15) is 9.00 Å². The summed E-state index contributed by atoms with van der Waals surface area (Å²) in [7, 11) is 0.000157. The van der Waals surface area contributed by atoms with Crippen molar-refractivity contribution in [2.45, 2.75) is 29.4 Å². The van der Waals surface area contributed by atoms with Crippen LogP contribution in [0.1, 0.15) is 18.4 Å². The second-order valence-electron chi connectivity index (χ2n) is 5.65. The maximum absolute atomic E-state index is 13.0. The maximum atomic E-state index is 13.0. The molecule has 0 aromatic heterocycles. The smallest absolute Gasteiger partial charge is 0.325 e. The fraction of sp³-hybridized carbons (Fsp3) is 0.438. The third-order valence-electron chi connectivity index (χ3n) is 4.43. The highest BCUT2D eigenvalue weighted by atomic mass is 32.2. The normalized spacial score (nSPS) is 32.3. The number of hydrogen-bond acceptors (Lipinski definition) is 3. The lowest BCUT2D eigenvalue weighted by molar-refractivity contribution is -0.144. The molecule has 4 atom stereocenters. The van der Waals surface area contributed by atoms with Gasteiger partial charge in [-0.25, -0.2) is 0 Å². The quantitative estimate of drug-likeness (QED) is 0.635. The van der Waals surface area contributed by atoms with Crippen LogP contribution in [0.2, 0.25) is 0 Å². The largest absolute Gasteiger partial charge is 0.468 e. The Hall–Kier alpha value is -1.42. The number of allylic oxidation sites excluding steroid dienone is 2. The first-order valence-corrected chi connectivity index (χ1v) is 7.98. The molecule has 0 N–H and O–H groups in total. The van der Waals surface area contributed by atoms with E-state index in [2.05, 4.69) is 6.08 Å². The number of hydrogen-bond donors (Lipinski definition) is 0. The third-order valence-corrected chi connectivity index (χ3v) is 6.43. The van der Waals surface area contributed by atoms with E-state index in [0.717, 1.165) is 12.0 Å². The van der Waals surface area contributed by atoms with Crippen molar-refractivity contribution in [3.63, 3.8) is 0 Å².